The lowest BCUT2D eigenvalue weighted by Gasteiger charge is -2.34. The molecule has 1 aliphatic rings. The molecular formula is C24H23Cl3N2O3. The molecule has 0 radical (unpaired) electrons. The molecule has 1 amide bonds. The Bertz CT molecular complexity index is 1110. The highest BCUT2D eigenvalue weighted by molar-refractivity contribution is 6.35. The van der Waals surface area contributed by atoms with Crippen LogP contribution in [0.25, 0.3) is 0 Å². The number of carbonyl (C=O) groups excluding carboxylic acids is 1. The van der Waals surface area contributed by atoms with Crippen molar-refractivity contribution in [2.75, 3.05) is 26.2 Å². The van der Waals surface area contributed by atoms with Gasteiger partial charge in [0.2, 0.25) is 0 Å². The Balaban J connectivity index is 1.29. The molecule has 2 heterocycles. The molecule has 0 saturated carbocycles. The van der Waals surface area contributed by atoms with E-state index in [9.17, 15) is 4.79 Å². The van der Waals surface area contributed by atoms with Crippen LogP contribution in [0, 0.1) is 6.92 Å². The number of carbonyl (C=O) groups is 1. The standard InChI is InChI=1S/C24H23Cl3N2O3/c1-16-12-18(25)4-6-22(16)31-15-20-5-7-23(32-20)24(30)29-10-8-28(9-11-29)14-17-2-3-19(26)13-21(17)27/h2-7,12-13H,8-11,14-15H2,1H3. The SMILES string of the molecule is Cc1cc(Cl)ccc1OCc1ccc(C(=O)N2CCN(Cc3ccc(Cl)cc3Cl)CC2)o1. The Hall–Kier alpha value is -2.18. The van der Waals surface area contributed by atoms with E-state index in [0.29, 0.717) is 39.7 Å². The van der Waals surface area contributed by atoms with Crippen LogP contribution in [0.5, 0.6) is 5.75 Å². The number of furan rings is 1. The molecule has 0 N–H and O–H groups in total. The maximum absolute atomic E-state index is 12.9. The van der Waals surface area contributed by atoms with Gasteiger partial charge in [-0.25, -0.2) is 0 Å². The van der Waals surface area contributed by atoms with Crippen LogP contribution >= 0.6 is 34.8 Å². The Kier molecular flexibility index (Phi) is 7.31. The lowest BCUT2D eigenvalue weighted by molar-refractivity contribution is 0.0594. The Labute approximate surface area is 202 Å². The summed E-state index contributed by atoms with van der Waals surface area (Å²) in [5, 5.41) is 1.95. The molecule has 1 aromatic heterocycles. The van der Waals surface area contributed by atoms with Crippen LogP contribution in [0.2, 0.25) is 15.1 Å². The predicted octanol–water partition coefficient (Wildman–Crippen LogP) is 6.09. The third-order valence-corrected chi connectivity index (χ3v) is 6.27. The molecule has 2 aromatic carbocycles. The number of nitrogens with zero attached hydrogens (tertiary/aromatic N) is 2. The summed E-state index contributed by atoms with van der Waals surface area (Å²) in [6, 6.07) is 14.5. The summed E-state index contributed by atoms with van der Waals surface area (Å²) < 4.78 is 11.5. The summed E-state index contributed by atoms with van der Waals surface area (Å²) in [5.41, 5.74) is 1.97. The van der Waals surface area contributed by atoms with Gasteiger partial charge >= 0.3 is 0 Å². The number of hydrogen-bond donors (Lipinski definition) is 0. The molecule has 0 aliphatic carbocycles. The summed E-state index contributed by atoms with van der Waals surface area (Å²) in [6.45, 7) is 5.67. The number of ether oxygens (including phenoxy) is 1. The maximum atomic E-state index is 12.9. The van der Waals surface area contributed by atoms with E-state index in [2.05, 4.69) is 4.90 Å². The van der Waals surface area contributed by atoms with Crippen LogP contribution in [0.15, 0.2) is 52.9 Å². The number of aryl methyl sites for hydroxylation is 1. The van der Waals surface area contributed by atoms with Crippen molar-refractivity contribution in [1.82, 2.24) is 9.80 Å². The second-order valence-corrected chi connectivity index (χ2v) is 9.05. The van der Waals surface area contributed by atoms with Crippen molar-refractivity contribution in [2.45, 2.75) is 20.1 Å². The Morgan fingerprint density at radius 1 is 0.969 bits per heavy atom. The van der Waals surface area contributed by atoms with E-state index in [0.717, 1.165) is 36.5 Å². The van der Waals surface area contributed by atoms with Crippen LogP contribution in [0.1, 0.15) is 27.4 Å². The van der Waals surface area contributed by atoms with Gasteiger partial charge in [0.25, 0.3) is 5.91 Å². The molecule has 0 unspecified atom stereocenters. The van der Waals surface area contributed by atoms with Crippen LogP contribution in [-0.2, 0) is 13.2 Å². The van der Waals surface area contributed by atoms with E-state index in [1.54, 1.807) is 24.3 Å². The number of benzene rings is 2. The quantitative estimate of drug-likeness (QED) is 0.417. The molecule has 1 saturated heterocycles. The molecule has 0 bridgehead atoms. The van der Waals surface area contributed by atoms with Gasteiger partial charge in [0.05, 0.1) is 0 Å². The fourth-order valence-corrected chi connectivity index (χ4v) is 4.34. The van der Waals surface area contributed by atoms with E-state index < -0.39 is 0 Å². The maximum Gasteiger partial charge on any atom is 0.289 e. The molecule has 0 spiro atoms. The van der Waals surface area contributed by atoms with Gasteiger partial charge in [0, 0.05) is 47.8 Å². The average molecular weight is 494 g/mol. The third kappa shape index (κ3) is 5.59. The molecule has 1 aliphatic heterocycles. The van der Waals surface area contributed by atoms with E-state index in [1.807, 2.05) is 36.1 Å². The van der Waals surface area contributed by atoms with Crippen molar-refractivity contribution in [1.29, 1.82) is 0 Å². The summed E-state index contributed by atoms with van der Waals surface area (Å²) in [6.07, 6.45) is 0. The first kappa shape index (κ1) is 23.0. The second kappa shape index (κ2) is 10.2. The summed E-state index contributed by atoms with van der Waals surface area (Å²) in [5.74, 6) is 1.54. The minimum absolute atomic E-state index is 0.108. The smallest absolute Gasteiger partial charge is 0.289 e. The number of amides is 1. The minimum atomic E-state index is -0.108. The van der Waals surface area contributed by atoms with Crippen molar-refractivity contribution in [3.05, 3.63) is 86.2 Å². The zero-order valence-corrected chi connectivity index (χ0v) is 19.9. The van der Waals surface area contributed by atoms with Gasteiger partial charge in [-0.2, -0.15) is 0 Å². The predicted molar refractivity (Wildman–Crippen MR) is 127 cm³/mol. The van der Waals surface area contributed by atoms with E-state index in [4.69, 9.17) is 44.0 Å². The minimum Gasteiger partial charge on any atom is -0.485 e. The van der Waals surface area contributed by atoms with Crippen LogP contribution in [-0.4, -0.2) is 41.9 Å². The Morgan fingerprint density at radius 3 is 2.41 bits per heavy atom. The van der Waals surface area contributed by atoms with Gasteiger partial charge in [-0.05, 0) is 60.5 Å². The van der Waals surface area contributed by atoms with Crippen molar-refractivity contribution < 1.29 is 13.9 Å². The van der Waals surface area contributed by atoms with E-state index >= 15 is 0 Å². The van der Waals surface area contributed by atoms with Crippen molar-refractivity contribution >= 4 is 40.7 Å². The third-order valence-electron chi connectivity index (χ3n) is 5.45. The summed E-state index contributed by atoms with van der Waals surface area (Å²) in [7, 11) is 0. The molecule has 3 aromatic rings. The number of halogens is 3. The molecule has 5 nitrogen and oxygen atoms in total. The molecule has 8 heteroatoms. The fourth-order valence-electron chi connectivity index (χ4n) is 3.65. The summed E-state index contributed by atoms with van der Waals surface area (Å²) in [4.78, 5) is 16.9. The van der Waals surface area contributed by atoms with Gasteiger partial charge in [0.1, 0.15) is 18.1 Å². The van der Waals surface area contributed by atoms with Crippen LogP contribution in [0.3, 0.4) is 0 Å². The number of hydrogen-bond acceptors (Lipinski definition) is 4. The van der Waals surface area contributed by atoms with Gasteiger partial charge < -0.3 is 14.1 Å². The van der Waals surface area contributed by atoms with Gasteiger partial charge in [0.15, 0.2) is 5.76 Å². The van der Waals surface area contributed by atoms with Crippen molar-refractivity contribution in [3.63, 3.8) is 0 Å². The highest BCUT2D eigenvalue weighted by Crippen LogP contribution is 2.24. The molecule has 4 rings (SSSR count). The van der Waals surface area contributed by atoms with Gasteiger partial charge in [-0.3, -0.25) is 9.69 Å². The fraction of sp³-hybridized carbons (Fsp3) is 0.292. The van der Waals surface area contributed by atoms with Crippen molar-refractivity contribution in [2.24, 2.45) is 0 Å². The van der Waals surface area contributed by atoms with E-state index in [-0.39, 0.29) is 12.5 Å². The zero-order chi connectivity index (χ0) is 22.7. The number of rotatable bonds is 6. The van der Waals surface area contributed by atoms with Gasteiger partial charge in [-0.15, -0.1) is 0 Å². The highest BCUT2D eigenvalue weighted by Gasteiger charge is 2.24. The lowest BCUT2D eigenvalue weighted by atomic mass is 10.2. The Morgan fingerprint density at radius 2 is 1.69 bits per heavy atom. The summed E-state index contributed by atoms with van der Waals surface area (Å²) >= 11 is 18.2. The van der Waals surface area contributed by atoms with Crippen LogP contribution < -0.4 is 4.74 Å². The zero-order valence-electron chi connectivity index (χ0n) is 17.6. The largest absolute Gasteiger partial charge is 0.485 e. The van der Waals surface area contributed by atoms with Gasteiger partial charge in [-0.1, -0.05) is 40.9 Å². The average Bonchev–Trinajstić information content (AvgIpc) is 3.24. The first-order chi connectivity index (χ1) is 15.4. The molecular weight excluding hydrogens is 471 g/mol. The van der Waals surface area contributed by atoms with Crippen molar-refractivity contribution in [3.8, 4) is 5.75 Å². The second-order valence-electron chi connectivity index (χ2n) is 7.77. The molecule has 1 fully saturated rings. The first-order valence-corrected chi connectivity index (χ1v) is 11.5. The topological polar surface area (TPSA) is 45.9 Å². The van der Waals surface area contributed by atoms with Crippen LogP contribution in [0.4, 0.5) is 0 Å². The highest BCUT2D eigenvalue weighted by atomic mass is 35.5. The molecule has 0 atom stereocenters. The molecule has 32 heavy (non-hydrogen) atoms. The lowest BCUT2D eigenvalue weighted by Crippen LogP contribution is -2.48. The number of piperazine rings is 1. The van der Waals surface area contributed by atoms with E-state index in [1.165, 1.54) is 0 Å². The normalized spacial score (nSPS) is 14.6. The monoisotopic (exact) mass is 492 g/mol. The molecule has 168 valence electrons. The first-order valence-electron chi connectivity index (χ1n) is 10.3.